The van der Waals surface area contributed by atoms with Crippen molar-refractivity contribution in [3.05, 3.63) is 29.8 Å². The Hall–Kier alpha value is -1.88. The van der Waals surface area contributed by atoms with Crippen LogP contribution in [0.2, 0.25) is 0 Å². The molecule has 2 N–H and O–H groups in total. The van der Waals surface area contributed by atoms with Gasteiger partial charge < -0.3 is 9.84 Å². The van der Waals surface area contributed by atoms with E-state index in [1.807, 2.05) is 52.0 Å². The molecule has 0 saturated heterocycles. The van der Waals surface area contributed by atoms with Crippen molar-refractivity contribution in [1.82, 2.24) is 5.43 Å². The van der Waals surface area contributed by atoms with Gasteiger partial charge >= 0.3 is 0 Å². The van der Waals surface area contributed by atoms with Crippen LogP contribution in [0.3, 0.4) is 0 Å². The summed E-state index contributed by atoms with van der Waals surface area (Å²) in [4.78, 5) is 12.3. The fraction of sp³-hybridized carbons (Fsp3) is 0.556. The molecule has 0 aromatic heterocycles. The van der Waals surface area contributed by atoms with Gasteiger partial charge in [-0.1, -0.05) is 27.7 Å². The number of rotatable bonds is 8. The number of aliphatic hydroxyl groups is 1. The van der Waals surface area contributed by atoms with Gasteiger partial charge in [0.2, 0.25) is 0 Å². The van der Waals surface area contributed by atoms with Crippen molar-refractivity contribution >= 4 is 12.1 Å². The van der Waals surface area contributed by atoms with Gasteiger partial charge in [0.15, 0.2) is 0 Å². The molecule has 0 unspecified atom stereocenters. The third-order valence-corrected chi connectivity index (χ3v) is 3.41. The van der Waals surface area contributed by atoms with Gasteiger partial charge in [-0.3, -0.25) is 4.79 Å². The molecule has 5 heteroatoms. The van der Waals surface area contributed by atoms with Crippen LogP contribution in [0.1, 0.15) is 46.1 Å². The van der Waals surface area contributed by atoms with E-state index in [2.05, 4.69) is 10.5 Å². The molecule has 0 radical (unpaired) electrons. The summed E-state index contributed by atoms with van der Waals surface area (Å²) in [5, 5.41) is 14.6. The predicted octanol–water partition coefficient (Wildman–Crippen LogP) is 2.97. The van der Waals surface area contributed by atoms with Crippen LogP contribution in [0.5, 0.6) is 5.75 Å². The quantitative estimate of drug-likeness (QED) is 0.571. The van der Waals surface area contributed by atoms with E-state index in [1.165, 1.54) is 0 Å². The minimum Gasteiger partial charge on any atom is -0.497 e. The third kappa shape index (κ3) is 6.40. The second-order valence-corrected chi connectivity index (χ2v) is 6.70. The van der Waals surface area contributed by atoms with Crippen molar-refractivity contribution in [2.75, 3.05) is 7.11 Å². The summed E-state index contributed by atoms with van der Waals surface area (Å²) in [5.41, 5.74) is 1.91. The summed E-state index contributed by atoms with van der Waals surface area (Å²) >= 11 is 0. The fourth-order valence-corrected chi connectivity index (χ4v) is 2.58. The molecule has 5 nitrogen and oxygen atoms in total. The second-order valence-electron chi connectivity index (χ2n) is 6.70. The van der Waals surface area contributed by atoms with E-state index >= 15 is 0 Å². The van der Waals surface area contributed by atoms with Crippen molar-refractivity contribution in [3.8, 4) is 5.75 Å². The molecule has 1 rings (SSSR count). The minimum absolute atomic E-state index is 0.218. The van der Waals surface area contributed by atoms with Gasteiger partial charge in [-0.15, -0.1) is 0 Å². The number of nitrogens with one attached hydrogen (secondary N) is 1. The number of ether oxygens (including phenoxy) is 1. The van der Waals surface area contributed by atoms with Crippen LogP contribution in [-0.2, 0) is 4.79 Å². The maximum Gasteiger partial charge on any atom is 0.272 e. The number of hydrazone groups is 1. The summed E-state index contributed by atoms with van der Waals surface area (Å²) in [6.07, 6.45) is 2.37. The zero-order chi connectivity index (χ0) is 17.5. The number of amides is 1. The molecule has 1 amide bonds. The Balaban J connectivity index is 2.71. The Kier molecular flexibility index (Phi) is 7.23. The van der Waals surface area contributed by atoms with E-state index < -0.39 is 11.5 Å². The zero-order valence-corrected chi connectivity index (χ0v) is 14.7. The standard InChI is InChI=1S/C18H28N2O3/c1-13(2)10-18(22,11-14(3)4)17(21)20-19-12-15-6-8-16(23-5)9-7-15/h6-9,12-14,22H,10-11H2,1-5H3,(H,20,21). The average Bonchev–Trinajstić information content (AvgIpc) is 2.46. The normalized spacial score (nSPS) is 12.2. The largest absolute Gasteiger partial charge is 0.497 e. The summed E-state index contributed by atoms with van der Waals surface area (Å²) < 4.78 is 5.08. The Morgan fingerprint density at radius 3 is 2.17 bits per heavy atom. The highest BCUT2D eigenvalue weighted by Crippen LogP contribution is 2.25. The molecule has 0 spiro atoms. The molecule has 0 aliphatic carbocycles. The lowest BCUT2D eigenvalue weighted by Gasteiger charge is -2.29. The van der Waals surface area contributed by atoms with Crippen LogP contribution in [0.15, 0.2) is 29.4 Å². The number of hydrogen-bond donors (Lipinski definition) is 2. The Bertz CT molecular complexity index is 512. The number of carbonyl (C=O) groups is 1. The topological polar surface area (TPSA) is 70.9 Å². The molecule has 0 aliphatic rings. The van der Waals surface area contributed by atoms with Gasteiger partial charge in [0.1, 0.15) is 11.4 Å². The first kappa shape index (κ1) is 19.2. The third-order valence-electron chi connectivity index (χ3n) is 3.41. The van der Waals surface area contributed by atoms with Crippen LogP contribution >= 0.6 is 0 Å². The minimum atomic E-state index is -1.39. The van der Waals surface area contributed by atoms with Gasteiger partial charge in [0.05, 0.1) is 13.3 Å². The first-order valence-corrected chi connectivity index (χ1v) is 7.96. The Labute approximate surface area is 138 Å². The molecule has 0 heterocycles. The van der Waals surface area contributed by atoms with Crippen LogP contribution in [0, 0.1) is 11.8 Å². The van der Waals surface area contributed by atoms with Gasteiger partial charge in [0.25, 0.3) is 5.91 Å². The second kappa shape index (κ2) is 8.67. The lowest BCUT2D eigenvalue weighted by Crippen LogP contribution is -2.47. The SMILES string of the molecule is COc1ccc(C=NNC(=O)C(O)(CC(C)C)CC(C)C)cc1. The van der Waals surface area contributed by atoms with Crippen molar-refractivity contribution in [3.63, 3.8) is 0 Å². The summed E-state index contributed by atoms with van der Waals surface area (Å²) in [5.74, 6) is 0.740. The zero-order valence-electron chi connectivity index (χ0n) is 14.7. The number of nitrogens with zero attached hydrogens (tertiary/aromatic N) is 1. The van der Waals surface area contributed by atoms with Crippen molar-refractivity contribution in [1.29, 1.82) is 0 Å². The Morgan fingerprint density at radius 2 is 1.74 bits per heavy atom. The average molecular weight is 320 g/mol. The highest BCUT2D eigenvalue weighted by molar-refractivity contribution is 5.87. The fourth-order valence-electron chi connectivity index (χ4n) is 2.58. The highest BCUT2D eigenvalue weighted by atomic mass is 16.5. The first-order chi connectivity index (χ1) is 10.8. The smallest absolute Gasteiger partial charge is 0.272 e. The first-order valence-electron chi connectivity index (χ1n) is 7.96. The van der Waals surface area contributed by atoms with E-state index in [0.29, 0.717) is 12.8 Å². The Morgan fingerprint density at radius 1 is 1.22 bits per heavy atom. The summed E-state index contributed by atoms with van der Waals surface area (Å²) in [7, 11) is 1.60. The van der Waals surface area contributed by atoms with Gasteiger partial charge in [0, 0.05) is 0 Å². The van der Waals surface area contributed by atoms with E-state index in [0.717, 1.165) is 11.3 Å². The summed E-state index contributed by atoms with van der Waals surface area (Å²) in [6, 6.07) is 7.31. The molecule has 0 atom stereocenters. The lowest BCUT2D eigenvalue weighted by molar-refractivity contribution is -0.143. The highest BCUT2D eigenvalue weighted by Gasteiger charge is 2.37. The van der Waals surface area contributed by atoms with Crippen LogP contribution in [-0.4, -0.2) is 29.9 Å². The monoisotopic (exact) mass is 320 g/mol. The molecule has 1 aromatic carbocycles. The van der Waals surface area contributed by atoms with E-state index in [-0.39, 0.29) is 11.8 Å². The van der Waals surface area contributed by atoms with Gasteiger partial charge in [-0.2, -0.15) is 5.10 Å². The number of carbonyl (C=O) groups excluding carboxylic acids is 1. The predicted molar refractivity (Wildman–Crippen MR) is 92.6 cm³/mol. The number of hydrogen-bond acceptors (Lipinski definition) is 4. The molecular weight excluding hydrogens is 292 g/mol. The molecule has 23 heavy (non-hydrogen) atoms. The van der Waals surface area contributed by atoms with Gasteiger partial charge in [-0.05, 0) is 54.5 Å². The van der Waals surface area contributed by atoms with Crippen molar-refractivity contribution in [2.24, 2.45) is 16.9 Å². The molecular formula is C18H28N2O3. The summed E-state index contributed by atoms with van der Waals surface area (Å²) in [6.45, 7) is 7.94. The number of benzene rings is 1. The lowest BCUT2D eigenvalue weighted by atomic mass is 9.84. The molecule has 0 saturated carbocycles. The molecule has 1 aromatic rings. The van der Waals surface area contributed by atoms with E-state index in [1.54, 1.807) is 13.3 Å². The van der Waals surface area contributed by atoms with E-state index in [4.69, 9.17) is 4.74 Å². The van der Waals surface area contributed by atoms with Crippen molar-refractivity contribution in [2.45, 2.75) is 46.1 Å². The molecule has 128 valence electrons. The maximum absolute atomic E-state index is 12.3. The molecule has 0 aliphatic heterocycles. The van der Waals surface area contributed by atoms with Crippen molar-refractivity contribution < 1.29 is 14.6 Å². The van der Waals surface area contributed by atoms with Gasteiger partial charge in [-0.25, -0.2) is 5.43 Å². The maximum atomic E-state index is 12.3. The number of methoxy groups -OCH3 is 1. The van der Waals surface area contributed by atoms with Crippen LogP contribution in [0.25, 0.3) is 0 Å². The van der Waals surface area contributed by atoms with E-state index in [9.17, 15) is 9.90 Å². The van der Waals surface area contributed by atoms with Crippen LogP contribution < -0.4 is 10.2 Å². The molecule has 0 bridgehead atoms. The molecule has 0 fully saturated rings. The van der Waals surface area contributed by atoms with Crippen LogP contribution in [0.4, 0.5) is 0 Å².